The van der Waals surface area contributed by atoms with E-state index in [1.165, 1.54) is 4.88 Å². The van der Waals surface area contributed by atoms with Gasteiger partial charge in [0.2, 0.25) is 0 Å². The molecule has 2 rings (SSSR count). The van der Waals surface area contributed by atoms with Gasteiger partial charge in [0.15, 0.2) is 5.96 Å². The quantitative estimate of drug-likeness (QED) is 0.636. The first kappa shape index (κ1) is 15.3. The van der Waals surface area contributed by atoms with Crippen LogP contribution in [0.25, 0.3) is 0 Å². The number of hydrogen-bond donors (Lipinski definition) is 2. The van der Waals surface area contributed by atoms with Gasteiger partial charge in [-0.1, -0.05) is 6.92 Å². The molecule has 0 aliphatic carbocycles. The Morgan fingerprint density at radius 2 is 2.14 bits per heavy atom. The zero-order valence-corrected chi connectivity index (χ0v) is 13.1. The number of hydrogen-bond acceptors (Lipinski definition) is 4. The molecule has 2 aromatic rings. The van der Waals surface area contributed by atoms with Crippen LogP contribution >= 0.6 is 11.3 Å². The fourth-order valence-corrected chi connectivity index (χ4v) is 2.61. The minimum Gasteiger partial charge on any atom is -0.497 e. The highest BCUT2D eigenvalue weighted by molar-refractivity contribution is 7.11. The Hall–Kier alpha value is -2.08. The van der Waals surface area contributed by atoms with Crippen molar-refractivity contribution in [3.8, 4) is 5.75 Å². The minimum atomic E-state index is 0.410. The predicted octanol–water partition coefficient (Wildman–Crippen LogP) is 2.68. The first-order valence-corrected chi connectivity index (χ1v) is 7.67. The average Bonchev–Trinajstić information content (AvgIpc) is 2.96. The monoisotopic (exact) mass is 304 g/mol. The number of methoxy groups -OCH3 is 1. The zero-order chi connectivity index (χ0) is 15.1. The molecule has 0 radical (unpaired) electrons. The lowest BCUT2D eigenvalue weighted by atomic mass is 10.3. The number of aliphatic imine (C=N–C) groups is 1. The largest absolute Gasteiger partial charge is 0.497 e. The molecule has 0 saturated carbocycles. The van der Waals surface area contributed by atoms with E-state index < -0.39 is 0 Å². The van der Waals surface area contributed by atoms with Crippen molar-refractivity contribution in [2.24, 2.45) is 10.7 Å². The Bertz CT molecular complexity index is 592. The molecular weight excluding hydrogens is 284 g/mol. The molecule has 0 aliphatic rings. The lowest BCUT2D eigenvalue weighted by molar-refractivity contribution is 0.415. The van der Waals surface area contributed by atoms with Crippen LogP contribution < -0.4 is 15.8 Å². The molecular formula is C15H20N4OS. The van der Waals surface area contributed by atoms with Crippen molar-refractivity contribution in [3.63, 3.8) is 0 Å². The third kappa shape index (κ3) is 4.75. The summed E-state index contributed by atoms with van der Waals surface area (Å²) in [5.74, 6) is 1.22. The first-order chi connectivity index (χ1) is 10.2. The van der Waals surface area contributed by atoms with E-state index in [4.69, 9.17) is 10.5 Å². The summed E-state index contributed by atoms with van der Waals surface area (Å²) in [6, 6.07) is 7.54. The van der Waals surface area contributed by atoms with Gasteiger partial charge in [-0.15, -0.1) is 11.3 Å². The molecule has 0 spiro atoms. The van der Waals surface area contributed by atoms with Crippen molar-refractivity contribution in [1.29, 1.82) is 0 Å². The van der Waals surface area contributed by atoms with Crippen LogP contribution in [0.5, 0.6) is 5.75 Å². The number of guanidine groups is 1. The van der Waals surface area contributed by atoms with Gasteiger partial charge in [-0.3, -0.25) is 4.99 Å². The van der Waals surface area contributed by atoms with Crippen LogP contribution in [-0.2, 0) is 12.8 Å². The standard InChI is InChI=1S/C15H20N4OS/c1-3-13-10-18-14(21-13)8-9-17-15(16)19-11-4-6-12(20-2)7-5-11/h4-7,10H,3,8-9H2,1-2H3,(H3,16,17,19). The van der Waals surface area contributed by atoms with Gasteiger partial charge in [-0.05, 0) is 30.7 Å². The lowest BCUT2D eigenvalue weighted by Crippen LogP contribution is -2.23. The SMILES string of the molecule is CCc1cnc(CCN=C(N)Nc2ccc(OC)cc2)s1. The summed E-state index contributed by atoms with van der Waals surface area (Å²) in [6.07, 6.45) is 3.78. The van der Waals surface area contributed by atoms with Crippen molar-refractivity contribution in [2.45, 2.75) is 19.8 Å². The number of aromatic nitrogens is 1. The predicted molar refractivity (Wildman–Crippen MR) is 88.3 cm³/mol. The number of thiazole rings is 1. The Kier molecular flexibility index (Phi) is 5.57. The van der Waals surface area contributed by atoms with Crippen LogP contribution in [0.4, 0.5) is 5.69 Å². The number of nitrogens with zero attached hydrogens (tertiary/aromatic N) is 2. The maximum absolute atomic E-state index is 5.86. The topological polar surface area (TPSA) is 72.5 Å². The number of benzene rings is 1. The number of nitrogens with two attached hydrogens (primary N) is 1. The van der Waals surface area contributed by atoms with Gasteiger partial charge in [0.1, 0.15) is 5.75 Å². The smallest absolute Gasteiger partial charge is 0.193 e. The summed E-state index contributed by atoms with van der Waals surface area (Å²) in [7, 11) is 1.64. The van der Waals surface area contributed by atoms with E-state index in [2.05, 4.69) is 22.2 Å². The Balaban J connectivity index is 1.82. The van der Waals surface area contributed by atoms with E-state index in [0.717, 1.165) is 29.3 Å². The highest BCUT2D eigenvalue weighted by atomic mass is 32.1. The van der Waals surface area contributed by atoms with E-state index in [1.54, 1.807) is 18.4 Å². The summed E-state index contributed by atoms with van der Waals surface area (Å²) in [5.41, 5.74) is 6.75. The van der Waals surface area contributed by atoms with Crippen molar-refractivity contribution in [3.05, 3.63) is 40.3 Å². The fourth-order valence-electron chi connectivity index (χ4n) is 1.76. The second-order valence-corrected chi connectivity index (χ2v) is 5.64. The normalized spacial score (nSPS) is 11.4. The van der Waals surface area contributed by atoms with E-state index in [9.17, 15) is 0 Å². The summed E-state index contributed by atoms with van der Waals surface area (Å²) >= 11 is 1.74. The molecule has 21 heavy (non-hydrogen) atoms. The molecule has 1 aromatic heterocycles. The van der Waals surface area contributed by atoms with Crippen LogP contribution in [0.2, 0.25) is 0 Å². The average molecular weight is 304 g/mol. The number of nitrogens with one attached hydrogen (secondary N) is 1. The van der Waals surface area contributed by atoms with Gasteiger partial charge in [0, 0.05) is 29.7 Å². The highest BCUT2D eigenvalue weighted by Crippen LogP contribution is 2.15. The van der Waals surface area contributed by atoms with Gasteiger partial charge in [-0.2, -0.15) is 0 Å². The Labute approximate surface area is 128 Å². The van der Waals surface area contributed by atoms with Crippen LogP contribution in [0.3, 0.4) is 0 Å². The second kappa shape index (κ2) is 7.64. The molecule has 0 bridgehead atoms. The van der Waals surface area contributed by atoms with Gasteiger partial charge < -0.3 is 15.8 Å². The third-order valence-electron chi connectivity index (χ3n) is 2.92. The van der Waals surface area contributed by atoms with Crippen molar-refractivity contribution >= 4 is 23.0 Å². The van der Waals surface area contributed by atoms with Crippen molar-refractivity contribution in [2.75, 3.05) is 19.0 Å². The van der Waals surface area contributed by atoms with Gasteiger partial charge in [0.05, 0.1) is 12.1 Å². The molecule has 3 N–H and O–H groups in total. The highest BCUT2D eigenvalue weighted by Gasteiger charge is 2.00. The van der Waals surface area contributed by atoms with E-state index in [1.807, 2.05) is 30.5 Å². The molecule has 112 valence electrons. The summed E-state index contributed by atoms with van der Waals surface area (Å²) in [6.45, 7) is 2.76. The Morgan fingerprint density at radius 3 is 2.76 bits per heavy atom. The number of aryl methyl sites for hydroxylation is 1. The van der Waals surface area contributed by atoms with Crippen molar-refractivity contribution in [1.82, 2.24) is 4.98 Å². The van der Waals surface area contributed by atoms with Gasteiger partial charge in [0.25, 0.3) is 0 Å². The molecule has 0 amide bonds. The van der Waals surface area contributed by atoms with E-state index in [-0.39, 0.29) is 0 Å². The molecule has 0 aliphatic heterocycles. The number of rotatable bonds is 6. The second-order valence-electron chi connectivity index (χ2n) is 4.44. The molecule has 0 atom stereocenters. The fraction of sp³-hybridized carbons (Fsp3) is 0.333. The van der Waals surface area contributed by atoms with E-state index >= 15 is 0 Å². The number of ether oxygens (including phenoxy) is 1. The van der Waals surface area contributed by atoms with Crippen LogP contribution in [0.15, 0.2) is 35.5 Å². The molecule has 1 heterocycles. The molecule has 1 aromatic carbocycles. The van der Waals surface area contributed by atoms with Gasteiger partial charge >= 0.3 is 0 Å². The molecule has 6 heteroatoms. The zero-order valence-electron chi connectivity index (χ0n) is 12.3. The summed E-state index contributed by atoms with van der Waals surface area (Å²) < 4.78 is 5.10. The maximum atomic E-state index is 5.86. The van der Waals surface area contributed by atoms with Gasteiger partial charge in [-0.25, -0.2) is 4.98 Å². The lowest BCUT2D eigenvalue weighted by Gasteiger charge is -2.06. The van der Waals surface area contributed by atoms with Crippen LogP contribution in [-0.4, -0.2) is 24.6 Å². The van der Waals surface area contributed by atoms with E-state index in [0.29, 0.717) is 12.5 Å². The minimum absolute atomic E-state index is 0.410. The first-order valence-electron chi connectivity index (χ1n) is 6.86. The third-order valence-corrected chi connectivity index (χ3v) is 4.12. The molecule has 5 nitrogen and oxygen atoms in total. The van der Waals surface area contributed by atoms with Crippen molar-refractivity contribution < 1.29 is 4.74 Å². The molecule has 0 unspecified atom stereocenters. The molecule has 0 fully saturated rings. The summed E-state index contributed by atoms with van der Waals surface area (Å²) in [5, 5.41) is 4.16. The number of anilines is 1. The van der Waals surface area contributed by atoms with Crippen LogP contribution in [0, 0.1) is 0 Å². The summed E-state index contributed by atoms with van der Waals surface area (Å²) in [4.78, 5) is 9.98. The molecule has 0 saturated heterocycles. The van der Waals surface area contributed by atoms with Crippen LogP contribution in [0.1, 0.15) is 16.8 Å². The maximum Gasteiger partial charge on any atom is 0.193 e. The Morgan fingerprint density at radius 1 is 1.38 bits per heavy atom.